The van der Waals surface area contributed by atoms with Crippen molar-refractivity contribution in [2.75, 3.05) is 26.3 Å². The quantitative estimate of drug-likeness (QED) is 0.194. The van der Waals surface area contributed by atoms with Gasteiger partial charge in [0.05, 0.1) is 48.6 Å². The third kappa shape index (κ3) is 8.60. The molecular weight excluding hydrogens is 672 g/mol. The molecule has 2 aromatic heterocycles. The zero-order chi connectivity index (χ0) is 37.3. The van der Waals surface area contributed by atoms with Gasteiger partial charge < -0.3 is 28.9 Å². The van der Waals surface area contributed by atoms with Crippen LogP contribution in [0.1, 0.15) is 103 Å². The van der Waals surface area contributed by atoms with Crippen molar-refractivity contribution in [3.63, 3.8) is 0 Å². The molecule has 0 unspecified atom stereocenters. The van der Waals surface area contributed by atoms with Crippen LogP contribution in [0, 0.1) is 0 Å². The van der Waals surface area contributed by atoms with Crippen LogP contribution in [-0.2, 0) is 25.4 Å². The van der Waals surface area contributed by atoms with Gasteiger partial charge >= 0.3 is 12.2 Å². The number of ether oxygens (including phenoxy) is 4. The van der Waals surface area contributed by atoms with Gasteiger partial charge in [0, 0.05) is 19.5 Å². The van der Waals surface area contributed by atoms with E-state index >= 15 is 0 Å². The number of rotatable bonds is 7. The fourth-order valence-electron chi connectivity index (χ4n) is 7.29. The Morgan fingerprint density at radius 2 is 1.23 bits per heavy atom. The molecule has 2 amide bonds. The van der Waals surface area contributed by atoms with Crippen molar-refractivity contribution in [3.05, 3.63) is 72.1 Å². The molecule has 12 nitrogen and oxygen atoms in total. The average Bonchev–Trinajstić information content (AvgIpc) is 3.94. The third-order valence-electron chi connectivity index (χ3n) is 9.74. The van der Waals surface area contributed by atoms with Crippen LogP contribution in [-0.4, -0.2) is 85.7 Å². The summed E-state index contributed by atoms with van der Waals surface area (Å²) in [6.07, 6.45) is 5.67. The molecule has 7 rings (SSSR count). The van der Waals surface area contributed by atoms with Gasteiger partial charge in [0.2, 0.25) is 0 Å². The first kappa shape index (κ1) is 36.7. The average molecular weight is 725 g/mol. The number of hydrogen-bond donors (Lipinski definition) is 2. The summed E-state index contributed by atoms with van der Waals surface area (Å²) < 4.78 is 23.2. The van der Waals surface area contributed by atoms with E-state index in [0.29, 0.717) is 32.7 Å². The first-order valence-electron chi connectivity index (χ1n) is 18.9. The van der Waals surface area contributed by atoms with Crippen molar-refractivity contribution >= 4 is 12.2 Å². The van der Waals surface area contributed by atoms with Gasteiger partial charge in [-0.1, -0.05) is 48.5 Å². The number of imidazole rings is 2. The largest absolute Gasteiger partial charge is 0.444 e. The minimum atomic E-state index is -0.577. The molecule has 5 heterocycles. The fraction of sp³-hybridized carbons (Fsp3) is 0.512. The minimum absolute atomic E-state index is 0.132. The van der Waals surface area contributed by atoms with Crippen molar-refractivity contribution in [2.45, 2.75) is 110 Å². The lowest BCUT2D eigenvalue weighted by atomic mass is 10.00. The standard InChI is InChI=1S/C41H52N6O6/c1-40(2,3)52-38(48)46-20-7-10-32(46)36-42-25-31(44-36)28-16-12-26(13-17-28)27-14-18-29(19-15-27)35-30(24-34-50-22-9-23-51-34)43-37(45-35)33-11-8-21-47(33)39(49)53-41(4,5)6/h12-19,25,32-34H,7-11,20-24H2,1-6H3,(H,42,44)(H,43,45)/t32-,33-/m0/s1. The third-order valence-corrected chi connectivity index (χ3v) is 9.74. The van der Waals surface area contributed by atoms with Gasteiger partial charge in [-0.15, -0.1) is 0 Å². The highest BCUT2D eigenvalue weighted by Crippen LogP contribution is 2.36. The van der Waals surface area contributed by atoms with Gasteiger partial charge in [0.1, 0.15) is 22.9 Å². The molecular formula is C41H52N6O6. The molecule has 0 bridgehead atoms. The monoisotopic (exact) mass is 724 g/mol. The first-order chi connectivity index (χ1) is 25.3. The highest BCUT2D eigenvalue weighted by Gasteiger charge is 2.37. The predicted octanol–water partition coefficient (Wildman–Crippen LogP) is 8.58. The molecule has 2 N–H and O–H groups in total. The van der Waals surface area contributed by atoms with Gasteiger partial charge in [-0.05, 0) is 95.9 Å². The Hall–Kier alpha value is -4.68. The molecule has 0 radical (unpaired) electrons. The van der Waals surface area contributed by atoms with Crippen molar-refractivity contribution < 1.29 is 28.5 Å². The predicted molar refractivity (Wildman–Crippen MR) is 201 cm³/mol. The van der Waals surface area contributed by atoms with Crippen LogP contribution >= 0.6 is 0 Å². The Bertz CT molecular complexity index is 1880. The first-order valence-corrected chi connectivity index (χ1v) is 18.9. The van der Waals surface area contributed by atoms with Gasteiger partial charge in [0.15, 0.2) is 6.29 Å². The van der Waals surface area contributed by atoms with Gasteiger partial charge in [-0.25, -0.2) is 19.6 Å². The highest BCUT2D eigenvalue weighted by molar-refractivity contribution is 5.73. The number of H-pyrrole nitrogens is 2. The number of carbonyl (C=O) groups is 2. The lowest BCUT2D eigenvalue weighted by molar-refractivity contribution is -0.177. The van der Waals surface area contributed by atoms with Crippen LogP contribution in [0.2, 0.25) is 0 Å². The Balaban J connectivity index is 1.08. The molecule has 3 saturated heterocycles. The second kappa shape index (κ2) is 15.0. The number of nitrogens with one attached hydrogen (secondary N) is 2. The van der Waals surface area contributed by atoms with Crippen LogP contribution in [0.3, 0.4) is 0 Å². The van der Waals surface area contributed by atoms with E-state index in [0.717, 1.165) is 83.1 Å². The molecule has 0 aliphatic carbocycles. The molecule has 0 saturated carbocycles. The molecule has 53 heavy (non-hydrogen) atoms. The molecule has 4 aromatic rings. The summed E-state index contributed by atoms with van der Waals surface area (Å²) in [5.41, 5.74) is 5.70. The molecule has 3 aliphatic rings. The topological polar surface area (TPSA) is 135 Å². The van der Waals surface area contributed by atoms with Crippen molar-refractivity contribution in [1.82, 2.24) is 29.7 Å². The zero-order valence-corrected chi connectivity index (χ0v) is 31.7. The Morgan fingerprint density at radius 1 is 0.717 bits per heavy atom. The Morgan fingerprint density at radius 3 is 1.77 bits per heavy atom. The van der Waals surface area contributed by atoms with E-state index in [2.05, 4.69) is 63.5 Å². The van der Waals surface area contributed by atoms with Crippen LogP contribution in [0.15, 0.2) is 54.7 Å². The summed E-state index contributed by atoms with van der Waals surface area (Å²) in [6, 6.07) is 16.5. The second-order valence-electron chi connectivity index (χ2n) is 16.2. The van der Waals surface area contributed by atoms with Crippen LogP contribution < -0.4 is 0 Å². The van der Waals surface area contributed by atoms with Crippen molar-refractivity contribution in [3.8, 4) is 33.6 Å². The maximum absolute atomic E-state index is 13.1. The number of carbonyl (C=O) groups excluding carboxylic acids is 2. The smallest absolute Gasteiger partial charge is 0.410 e. The summed E-state index contributed by atoms with van der Waals surface area (Å²) in [5.74, 6) is 1.53. The minimum Gasteiger partial charge on any atom is -0.444 e. The van der Waals surface area contributed by atoms with Gasteiger partial charge in [-0.2, -0.15) is 0 Å². The normalized spacial score (nSPS) is 19.9. The molecule has 3 fully saturated rings. The number of benzene rings is 2. The maximum atomic E-state index is 13.1. The summed E-state index contributed by atoms with van der Waals surface area (Å²) >= 11 is 0. The highest BCUT2D eigenvalue weighted by atomic mass is 16.7. The second-order valence-corrected chi connectivity index (χ2v) is 16.2. The fourth-order valence-corrected chi connectivity index (χ4v) is 7.29. The number of nitrogens with zero attached hydrogens (tertiary/aromatic N) is 4. The summed E-state index contributed by atoms with van der Waals surface area (Å²) in [4.78, 5) is 46.3. The van der Waals surface area contributed by atoms with Crippen LogP contribution in [0.5, 0.6) is 0 Å². The summed E-state index contributed by atoms with van der Waals surface area (Å²) in [6.45, 7) is 13.9. The van der Waals surface area contributed by atoms with E-state index < -0.39 is 11.2 Å². The number of aromatic amines is 2. The van der Waals surface area contributed by atoms with Crippen molar-refractivity contribution in [2.24, 2.45) is 0 Å². The number of hydrogen-bond acceptors (Lipinski definition) is 8. The van der Waals surface area contributed by atoms with Crippen molar-refractivity contribution in [1.29, 1.82) is 0 Å². The molecule has 282 valence electrons. The van der Waals surface area contributed by atoms with Crippen LogP contribution in [0.25, 0.3) is 33.6 Å². The molecule has 3 aliphatic heterocycles. The summed E-state index contributed by atoms with van der Waals surface area (Å²) in [7, 11) is 0. The number of amides is 2. The van der Waals surface area contributed by atoms with E-state index in [9.17, 15) is 9.59 Å². The van der Waals surface area contributed by atoms with Gasteiger partial charge in [0.25, 0.3) is 0 Å². The molecule has 2 atom stereocenters. The summed E-state index contributed by atoms with van der Waals surface area (Å²) in [5, 5.41) is 0. The van der Waals surface area contributed by atoms with Gasteiger partial charge in [-0.3, -0.25) is 9.80 Å². The number of likely N-dealkylation sites (tertiary alicyclic amines) is 2. The van der Waals surface area contributed by atoms with E-state index in [-0.39, 0.29) is 30.6 Å². The SMILES string of the molecule is CC(C)(C)OC(=O)N1CCC[C@H]1c1ncc(-c2ccc(-c3ccc(-c4[nH]c([C@@H]5CCCN5C(=O)OC(C)(C)C)nc4CC4OCCCO4)cc3)cc2)[nH]1. The maximum Gasteiger partial charge on any atom is 0.410 e. The van der Waals surface area contributed by atoms with E-state index in [1.165, 1.54) is 0 Å². The van der Waals surface area contributed by atoms with E-state index in [1.807, 2.05) is 47.7 Å². The van der Waals surface area contributed by atoms with Crippen LogP contribution in [0.4, 0.5) is 9.59 Å². The van der Waals surface area contributed by atoms with E-state index in [1.54, 1.807) is 9.80 Å². The number of aromatic nitrogens is 4. The Kier molecular flexibility index (Phi) is 10.4. The lowest BCUT2D eigenvalue weighted by Gasteiger charge is -2.27. The molecule has 0 spiro atoms. The lowest BCUT2D eigenvalue weighted by Crippen LogP contribution is -2.36. The Labute approximate surface area is 311 Å². The molecule has 2 aromatic carbocycles. The zero-order valence-electron chi connectivity index (χ0n) is 31.7. The van der Waals surface area contributed by atoms with E-state index in [4.69, 9.17) is 23.9 Å². The molecule has 12 heteroatoms.